The van der Waals surface area contributed by atoms with Crippen molar-refractivity contribution in [2.24, 2.45) is 0 Å². The maximum atomic E-state index is 5.16. The average Bonchev–Trinajstić information content (AvgIpc) is 2.83. The summed E-state index contributed by atoms with van der Waals surface area (Å²) < 4.78 is 5.16. The largest absolute Gasteiger partial charge is 0.367 e. The number of anilines is 1. The first-order chi connectivity index (χ1) is 9.28. The third-order valence-electron chi connectivity index (χ3n) is 3.92. The summed E-state index contributed by atoms with van der Waals surface area (Å²) >= 11 is 0. The highest BCUT2D eigenvalue weighted by molar-refractivity contribution is 5.87. The topological polar surface area (TPSA) is 75.9 Å². The highest BCUT2D eigenvalue weighted by Crippen LogP contribution is 2.26. The maximum Gasteiger partial charge on any atom is 0.263 e. The molecule has 102 valence electrons. The highest BCUT2D eigenvalue weighted by Gasteiger charge is 2.21. The molecule has 0 aliphatic heterocycles. The van der Waals surface area contributed by atoms with Crippen molar-refractivity contribution in [3.05, 3.63) is 12.0 Å². The Hall–Kier alpha value is -1.69. The molecular formula is C13H19N5O. The Morgan fingerprint density at radius 2 is 1.89 bits per heavy atom. The number of nitrogens with one attached hydrogen (secondary N) is 2. The number of rotatable bonds is 3. The first-order valence-electron chi connectivity index (χ1n) is 6.78. The van der Waals surface area contributed by atoms with Gasteiger partial charge in [0.05, 0.1) is 5.69 Å². The molecule has 1 aliphatic rings. The molecule has 0 saturated heterocycles. The summed E-state index contributed by atoms with van der Waals surface area (Å²) in [5.41, 5.74) is 1.39. The van der Waals surface area contributed by atoms with Crippen LogP contribution in [0, 0.1) is 6.92 Å². The molecule has 2 heterocycles. The number of aryl methyl sites for hydroxylation is 1. The standard InChI is InChI=1S/C13H19N5O/c1-8-11-12(15-7-16-13(11)19-18-8)17-10-5-3-9(14-2)4-6-10/h7,9-10,14H,3-6H2,1-2H3,(H,15,16,17). The lowest BCUT2D eigenvalue weighted by atomic mass is 9.91. The van der Waals surface area contributed by atoms with Crippen molar-refractivity contribution in [1.29, 1.82) is 0 Å². The molecule has 0 spiro atoms. The number of fused-ring (bicyclic) bond motifs is 1. The summed E-state index contributed by atoms with van der Waals surface area (Å²) in [6.45, 7) is 1.91. The van der Waals surface area contributed by atoms with E-state index in [1.807, 2.05) is 14.0 Å². The van der Waals surface area contributed by atoms with Crippen molar-refractivity contribution < 1.29 is 4.52 Å². The molecule has 0 unspecified atom stereocenters. The Labute approximate surface area is 112 Å². The van der Waals surface area contributed by atoms with Crippen molar-refractivity contribution in [3.8, 4) is 0 Å². The van der Waals surface area contributed by atoms with Gasteiger partial charge in [-0.05, 0) is 39.7 Å². The minimum Gasteiger partial charge on any atom is -0.367 e. The minimum absolute atomic E-state index is 0.469. The smallest absolute Gasteiger partial charge is 0.263 e. The molecule has 3 rings (SSSR count). The summed E-state index contributed by atoms with van der Waals surface area (Å²) in [6, 6.07) is 1.12. The summed E-state index contributed by atoms with van der Waals surface area (Å²) in [6.07, 6.45) is 6.23. The quantitative estimate of drug-likeness (QED) is 0.878. The molecule has 6 nitrogen and oxygen atoms in total. The van der Waals surface area contributed by atoms with Gasteiger partial charge in [0.25, 0.3) is 5.71 Å². The summed E-state index contributed by atoms with van der Waals surface area (Å²) in [5.74, 6) is 0.844. The molecule has 0 atom stereocenters. The van der Waals surface area contributed by atoms with Gasteiger partial charge in [-0.1, -0.05) is 5.16 Å². The predicted octanol–water partition coefficient (Wildman–Crippen LogP) is 1.87. The monoisotopic (exact) mass is 261 g/mol. The van der Waals surface area contributed by atoms with Crippen LogP contribution in [-0.4, -0.2) is 34.3 Å². The van der Waals surface area contributed by atoms with Crippen molar-refractivity contribution >= 4 is 16.9 Å². The Balaban J connectivity index is 1.77. The Morgan fingerprint density at radius 1 is 1.16 bits per heavy atom. The van der Waals surface area contributed by atoms with Gasteiger partial charge in [0.2, 0.25) is 0 Å². The average molecular weight is 261 g/mol. The van der Waals surface area contributed by atoms with Crippen LogP contribution in [0.4, 0.5) is 5.82 Å². The predicted molar refractivity (Wildman–Crippen MR) is 73.1 cm³/mol. The lowest BCUT2D eigenvalue weighted by molar-refractivity contribution is 0.371. The van der Waals surface area contributed by atoms with Crippen LogP contribution in [0.2, 0.25) is 0 Å². The zero-order chi connectivity index (χ0) is 13.2. The third-order valence-corrected chi connectivity index (χ3v) is 3.92. The maximum absolute atomic E-state index is 5.16. The third kappa shape index (κ3) is 2.40. The molecular weight excluding hydrogens is 242 g/mol. The lowest BCUT2D eigenvalue weighted by Gasteiger charge is -2.29. The summed E-state index contributed by atoms with van der Waals surface area (Å²) in [7, 11) is 2.03. The normalized spacial score (nSPS) is 23.7. The van der Waals surface area contributed by atoms with E-state index in [-0.39, 0.29) is 0 Å². The molecule has 2 aromatic rings. The van der Waals surface area contributed by atoms with Gasteiger partial charge in [-0.25, -0.2) is 4.98 Å². The number of nitrogens with zero attached hydrogens (tertiary/aromatic N) is 3. The Morgan fingerprint density at radius 3 is 2.63 bits per heavy atom. The second-order valence-corrected chi connectivity index (χ2v) is 5.15. The van der Waals surface area contributed by atoms with Gasteiger partial charge in [0, 0.05) is 12.1 Å². The Kier molecular flexibility index (Phi) is 3.33. The molecule has 1 aliphatic carbocycles. The van der Waals surface area contributed by atoms with E-state index in [0.29, 0.717) is 17.8 Å². The molecule has 1 saturated carbocycles. The van der Waals surface area contributed by atoms with Gasteiger partial charge in [-0.2, -0.15) is 4.98 Å². The first-order valence-corrected chi connectivity index (χ1v) is 6.78. The fourth-order valence-corrected chi connectivity index (χ4v) is 2.75. The fourth-order valence-electron chi connectivity index (χ4n) is 2.75. The molecule has 2 aromatic heterocycles. The van der Waals surface area contributed by atoms with E-state index in [2.05, 4.69) is 25.8 Å². The highest BCUT2D eigenvalue weighted by atomic mass is 16.5. The van der Waals surface area contributed by atoms with Gasteiger partial charge >= 0.3 is 0 Å². The van der Waals surface area contributed by atoms with Crippen molar-refractivity contribution in [1.82, 2.24) is 20.4 Å². The zero-order valence-electron chi connectivity index (χ0n) is 11.3. The SMILES string of the molecule is CNC1CCC(Nc2ncnc3onc(C)c23)CC1. The zero-order valence-corrected chi connectivity index (χ0v) is 11.3. The number of hydrogen-bond donors (Lipinski definition) is 2. The second-order valence-electron chi connectivity index (χ2n) is 5.15. The van der Waals surface area contributed by atoms with Crippen molar-refractivity contribution in [2.45, 2.75) is 44.7 Å². The van der Waals surface area contributed by atoms with E-state index in [0.717, 1.165) is 29.7 Å². The number of aromatic nitrogens is 3. The minimum atomic E-state index is 0.469. The van der Waals surface area contributed by atoms with Crippen LogP contribution in [0.3, 0.4) is 0 Å². The van der Waals surface area contributed by atoms with Gasteiger partial charge in [0.15, 0.2) is 0 Å². The van der Waals surface area contributed by atoms with Gasteiger partial charge in [-0.3, -0.25) is 0 Å². The van der Waals surface area contributed by atoms with Crippen LogP contribution in [0.25, 0.3) is 11.1 Å². The molecule has 0 bridgehead atoms. The molecule has 0 radical (unpaired) electrons. The van der Waals surface area contributed by atoms with Gasteiger partial charge in [0.1, 0.15) is 17.5 Å². The number of hydrogen-bond acceptors (Lipinski definition) is 6. The van der Waals surface area contributed by atoms with Gasteiger partial charge in [-0.15, -0.1) is 0 Å². The van der Waals surface area contributed by atoms with E-state index in [4.69, 9.17) is 4.52 Å². The Bertz CT molecular complexity index is 559. The van der Waals surface area contributed by atoms with E-state index < -0.39 is 0 Å². The van der Waals surface area contributed by atoms with E-state index in [1.165, 1.54) is 19.2 Å². The molecule has 2 N–H and O–H groups in total. The first kappa shape index (κ1) is 12.3. The lowest BCUT2D eigenvalue weighted by Crippen LogP contribution is -2.35. The molecule has 1 fully saturated rings. The fraction of sp³-hybridized carbons (Fsp3) is 0.615. The van der Waals surface area contributed by atoms with E-state index in [9.17, 15) is 0 Å². The summed E-state index contributed by atoms with van der Waals surface area (Å²) in [5, 5.41) is 11.7. The van der Waals surface area contributed by atoms with Crippen LogP contribution in [0.15, 0.2) is 10.9 Å². The van der Waals surface area contributed by atoms with E-state index >= 15 is 0 Å². The van der Waals surface area contributed by atoms with Crippen LogP contribution in [-0.2, 0) is 0 Å². The van der Waals surface area contributed by atoms with Crippen LogP contribution >= 0.6 is 0 Å². The van der Waals surface area contributed by atoms with Crippen LogP contribution in [0.5, 0.6) is 0 Å². The van der Waals surface area contributed by atoms with Crippen molar-refractivity contribution in [3.63, 3.8) is 0 Å². The van der Waals surface area contributed by atoms with Crippen LogP contribution < -0.4 is 10.6 Å². The van der Waals surface area contributed by atoms with E-state index in [1.54, 1.807) is 0 Å². The van der Waals surface area contributed by atoms with Crippen molar-refractivity contribution in [2.75, 3.05) is 12.4 Å². The molecule has 0 amide bonds. The van der Waals surface area contributed by atoms with Crippen LogP contribution in [0.1, 0.15) is 31.4 Å². The van der Waals surface area contributed by atoms with Gasteiger partial charge < -0.3 is 15.2 Å². The summed E-state index contributed by atoms with van der Waals surface area (Å²) in [4.78, 5) is 8.43. The molecule has 6 heteroatoms. The molecule has 19 heavy (non-hydrogen) atoms. The second kappa shape index (κ2) is 5.13. The molecule has 0 aromatic carbocycles.